The maximum absolute atomic E-state index is 5.91. The lowest BCUT2D eigenvalue weighted by Gasteiger charge is -2.10. The highest BCUT2D eigenvalue weighted by Gasteiger charge is 2.04. The lowest BCUT2D eigenvalue weighted by molar-refractivity contribution is 0.413. The summed E-state index contributed by atoms with van der Waals surface area (Å²) in [4.78, 5) is 0. The number of nitrogens with two attached hydrogens (primary N) is 1. The second kappa shape index (κ2) is 5.00. The van der Waals surface area contributed by atoms with Crippen molar-refractivity contribution in [3.8, 4) is 17.2 Å². The molecule has 0 saturated carbocycles. The first-order valence-electron chi connectivity index (χ1n) is 5.79. The zero-order valence-corrected chi connectivity index (χ0v) is 10.9. The monoisotopic (exact) mass is 243 g/mol. The molecule has 2 rings (SSSR count). The molecule has 0 aliphatic heterocycles. The third-order valence-corrected chi connectivity index (χ3v) is 2.86. The number of hydrogen-bond donors (Lipinski definition) is 1. The van der Waals surface area contributed by atoms with Gasteiger partial charge in [-0.05, 0) is 61.4 Å². The minimum atomic E-state index is 0.777. The van der Waals surface area contributed by atoms with Crippen LogP contribution < -0.4 is 15.2 Å². The zero-order chi connectivity index (χ0) is 13.1. The van der Waals surface area contributed by atoms with E-state index in [4.69, 9.17) is 15.2 Å². The molecule has 0 atom stereocenters. The lowest BCUT2D eigenvalue weighted by atomic mass is 10.1. The van der Waals surface area contributed by atoms with Gasteiger partial charge in [0.1, 0.15) is 17.2 Å². The van der Waals surface area contributed by atoms with Gasteiger partial charge in [-0.25, -0.2) is 0 Å². The predicted molar refractivity (Wildman–Crippen MR) is 73.4 cm³/mol. The van der Waals surface area contributed by atoms with Crippen LogP contribution >= 0.6 is 0 Å². The van der Waals surface area contributed by atoms with Gasteiger partial charge in [0.25, 0.3) is 0 Å². The van der Waals surface area contributed by atoms with Crippen molar-refractivity contribution in [3.05, 3.63) is 47.5 Å². The maximum atomic E-state index is 5.91. The summed E-state index contributed by atoms with van der Waals surface area (Å²) in [6.45, 7) is 3.95. The van der Waals surface area contributed by atoms with Gasteiger partial charge < -0.3 is 15.2 Å². The Balaban J connectivity index is 2.23. The van der Waals surface area contributed by atoms with Gasteiger partial charge in [0, 0.05) is 5.69 Å². The van der Waals surface area contributed by atoms with E-state index in [1.165, 1.54) is 0 Å². The normalized spacial score (nSPS) is 10.2. The first-order chi connectivity index (χ1) is 8.60. The molecule has 94 valence electrons. The van der Waals surface area contributed by atoms with Crippen LogP contribution in [0.3, 0.4) is 0 Å². The second-order valence-corrected chi connectivity index (χ2v) is 4.25. The molecular weight excluding hydrogens is 226 g/mol. The van der Waals surface area contributed by atoms with E-state index in [1.54, 1.807) is 7.11 Å². The van der Waals surface area contributed by atoms with E-state index in [-0.39, 0.29) is 0 Å². The third kappa shape index (κ3) is 2.56. The summed E-state index contributed by atoms with van der Waals surface area (Å²) >= 11 is 0. The Morgan fingerprint density at radius 3 is 1.83 bits per heavy atom. The second-order valence-electron chi connectivity index (χ2n) is 4.25. The number of nitrogen functional groups attached to an aromatic ring is 1. The van der Waals surface area contributed by atoms with Gasteiger partial charge in [-0.15, -0.1) is 0 Å². The van der Waals surface area contributed by atoms with E-state index < -0.39 is 0 Å². The molecule has 0 bridgehead atoms. The van der Waals surface area contributed by atoms with Crippen molar-refractivity contribution in [1.29, 1.82) is 0 Å². The van der Waals surface area contributed by atoms with E-state index in [0.717, 1.165) is 34.1 Å². The fourth-order valence-electron chi connectivity index (χ4n) is 1.77. The number of aryl methyl sites for hydroxylation is 2. The average Bonchev–Trinajstić information content (AvgIpc) is 2.37. The van der Waals surface area contributed by atoms with Gasteiger partial charge in [-0.2, -0.15) is 0 Å². The number of rotatable bonds is 3. The van der Waals surface area contributed by atoms with Crippen molar-refractivity contribution < 1.29 is 9.47 Å². The molecule has 2 aromatic carbocycles. The number of ether oxygens (including phenoxy) is 2. The topological polar surface area (TPSA) is 44.5 Å². The average molecular weight is 243 g/mol. The number of hydrogen-bond acceptors (Lipinski definition) is 3. The number of anilines is 1. The molecule has 0 saturated heterocycles. The van der Waals surface area contributed by atoms with Crippen molar-refractivity contribution in [3.63, 3.8) is 0 Å². The van der Waals surface area contributed by atoms with Gasteiger partial charge in [0.05, 0.1) is 7.11 Å². The standard InChI is InChI=1S/C15H17NO2/c1-10-8-14(9-11(2)15(10)16)18-13-6-4-12(17-3)5-7-13/h4-9H,16H2,1-3H3. The van der Waals surface area contributed by atoms with Crippen molar-refractivity contribution in [2.24, 2.45) is 0 Å². The summed E-state index contributed by atoms with van der Waals surface area (Å²) in [6.07, 6.45) is 0. The molecule has 18 heavy (non-hydrogen) atoms. The van der Waals surface area contributed by atoms with Crippen molar-refractivity contribution >= 4 is 5.69 Å². The molecule has 2 N–H and O–H groups in total. The van der Waals surface area contributed by atoms with Crippen LogP contribution in [0, 0.1) is 13.8 Å². The molecule has 0 heterocycles. The van der Waals surface area contributed by atoms with Crippen LogP contribution in [0.1, 0.15) is 11.1 Å². The van der Waals surface area contributed by atoms with Crippen LogP contribution in [0.25, 0.3) is 0 Å². The number of methoxy groups -OCH3 is 1. The van der Waals surface area contributed by atoms with Gasteiger partial charge >= 0.3 is 0 Å². The molecule has 0 spiro atoms. The molecule has 0 radical (unpaired) electrons. The van der Waals surface area contributed by atoms with E-state index in [1.807, 2.05) is 50.2 Å². The van der Waals surface area contributed by atoms with Crippen molar-refractivity contribution in [1.82, 2.24) is 0 Å². The van der Waals surface area contributed by atoms with Crippen LogP contribution in [0.5, 0.6) is 17.2 Å². The minimum absolute atomic E-state index is 0.777. The van der Waals surface area contributed by atoms with E-state index in [9.17, 15) is 0 Å². The molecule has 0 aliphatic carbocycles. The third-order valence-electron chi connectivity index (χ3n) is 2.86. The molecular formula is C15H17NO2. The first kappa shape index (κ1) is 12.3. The Kier molecular flexibility index (Phi) is 3.42. The van der Waals surface area contributed by atoms with Crippen LogP contribution in [0.4, 0.5) is 5.69 Å². The fraction of sp³-hybridized carbons (Fsp3) is 0.200. The molecule has 0 fully saturated rings. The van der Waals surface area contributed by atoms with Gasteiger partial charge in [0.2, 0.25) is 0 Å². The van der Waals surface area contributed by atoms with Gasteiger partial charge in [-0.3, -0.25) is 0 Å². The largest absolute Gasteiger partial charge is 0.497 e. The summed E-state index contributed by atoms with van der Waals surface area (Å²) in [7, 11) is 1.64. The van der Waals surface area contributed by atoms with Crippen molar-refractivity contribution in [2.75, 3.05) is 12.8 Å². The molecule has 0 aromatic heterocycles. The molecule has 0 unspecified atom stereocenters. The van der Waals surface area contributed by atoms with Gasteiger partial charge in [-0.1, -0.05) is 0 Å². The Hall–Kier alpha value is -2.16. The molecule has 3 nitrogen and oxygen atoms in total. The van der Waals surface area contributed by atoms with Crippen LogP contribution in [-0.4, -0.2) is 7.11 Å². The molecule has 0 amide bonds. The summed E-state index contributed by atoms with van der Waals surface area (Å²) < 4.78 is 10.9. The summed E-state index contributed by atoms with van der Waals surface area (Å²) in [5.74, 6) is 2.38. The summed E-state index contributed by atoms with van der Waals surface area (Å²) in [5, 5.41) is 0. The Morgan fingerprint density at radius 2 is 1.33 bits per heavy atom. The lowest BCUT2D eigenvalue weighted by Crippen LogP contribution is -1.95. The van der Waals surface area contributed by atoms with Crippen LogP contribution in [0.15, 0.2) is 36.4 Å². The quantitative estimate of drug-likeness (QED) is 0.836. The van der Waals surface area contributed by atoms with Crippen LogP contribution in [0.2, 0.25) is 0 Å². The van der Waals surface area contributed by atoms with E-state index >= 15 is 0 Å². The maximum Gasteiger partial charge on any atom is 0.128 e. The minimum Gasteiger partial charge on any atom is -0.497 e. The van der Waals surface area contributed by atoms with Crippen LogP contribution in [-0.2, 0) is 0 Å². The predicted octanol–water partition coefficient (Wildman–Crippen LogP) is 3.69. The van der Waals surface area contributed by atoms with E-state index in [0.29, 0.717) is 0 Å². The number of benzene rings is 2. The highest BCUT2D eigenvalue weighted by Crippen LogP contribution is 2.28. The molecule has 2 aromatic rings. The van der Waals surface area contributed by atoms with E-state index in [2.05, 4.69) is 0 Å². The highest BCUT2D eigenvalue weighted by molar-refractivity contribution is 5.56. The first-order valence-corrected chi connectivity index (χ1v) is 5.79. The fourth-order valence-corrected chi connectivity index (χ4v) is 1.77. The Morgan fingerprint density at radius 1 is 0.833 bits per heavy atom. The molecule has 3 heteroatoms. The Labute approximate surface area is 107 Å². The smallest absolute Gasteiger partial charge is 0.128 e. The van der Waals surface area contributed by atoms with Gasteiger partial charge in [0.15, 0.2) is 0 Å². The van der Waals surface area contributed by atoms with Crippen molar-refractivity contribution in [2.45, 2.75) is 13.8 Å². The summed E-state index contributed by atoms with van der Waals surface area (Å²) in [5.41, 5.74) is 8.78. The highest BCUT2D eigenvalue weighted by atomic mass is 16.5. The summed E-state index contributed by atoms with van der Waals surface area (Å²) in [6, 6.07) is 11.4. The Bertz CT molecular complexity index is 524. The SMILES string of the molecule is COc1ccc(Oc2cc(C)c(N)c(C)c2)cc1. The zero-order valence-electron chi connectivity index (χ0n) is 10.9. The molecule has 0 aliphatic rings.